The molecule has 2 aromatic rings. The molecule has 4 rings (SSSR count). The van der Waals surface area contributed by atoms with Gasteiger partial charge in [-0.05, 0) is 54.5 Å². The molecule has 1 aromatic heterocycles. The van der Waals surface area contributed by atoms with E-state index in [2.05, 4.69) is 27.8 Å². The van der Waals surface area contributed by atoms with Crippen LogP contribution in [0.3, 0.4) is 0 Å². The van der Waals surface area contributed by atoms with Gasteiger partial charge in [0.25, 0.3) is 0 Å². The normalized spacial score (nSPS) is 20.3. The molecule has 0 bridgehead atoms. The van der Waals surface area contributed by atoms with E-state index in [0.29, 0.717) is 25.9 Å². The summed E-state index contributed by atoms with van der Waals surface area (Å²) >= 11 is 0. The second-order valence-electron chi connectivity index (χ2n) is 7.58. The largest absolute Gasteiger partial charge is 0.481 e. The summed E-state index contributed by atoms with van der Waals surface area (Å²) in [6.45, 7) is 3.37. The second-order valence-corrected chi connectivity index (χ2v) is 7.58. The van der Waals surface area contributed by atoms with E-state index in [0.717, 1.165) is 34.6 Å². The van der Waals surface area contributed by atoms with Gasteiger partial charge in [0.2, 0.25) is 5.91 Å². The van der Waals surface area contributed by atoms with Crippen LogP contribution in [-0.2, 0) is 16.0 Å². The van der Waals surface area contributed by atoms with Gasteiger partial charge in [0.05, 0.1) is 0 Å². The molecular formula is C22H25N3O3. The standard InChI is InChI=1S/C22H25N3O3/c1-13-10-15(6-7-20(27)28)22(25-13)21(14-8-9-23-19(26)11-14)17-12-24-18-5-3-2-4-16(17)18/h2-5,10,14,24-25H,6-9,11-12H2,1H3,(H,23,26)(H,27,28). The number of hydrogen-bond acceptors (Lipinski definition) is 3. The molecule has 0 aliphatic carbocycles. The van der Waals surface area contributed by atoms with Crippen LogP contribution in [-0.4, -0.2) is 35.1 Å². The van der Waals surface area contributed by atoms with E-state index in [9.17, 15) is 9.59 Å². The van der Waals surface area contributed by atoms with Gasteiger partial charge in [0.15, 0.2) is 0 Å². The van der Waals surface area contributed by atoms with Crippen molar-refractivity contribution in [1.29, 1.82) is 0 Å². The number of nitrogens with one attached hydrogen (secondary N) is 3. The Kier molecular flexibility index (Phi) is 4.94. The van der Waals surface area contributed by atoms with Gasteiger partial charge in [0.1, 0.15) is 0 Å². The molecule has 0 spiro atoms. The van der Waals surface area contributed by atoms with Crippen molar-refractivity contribution in [3.8, 4) is 0 Å². The fourth-order valence-electron chi connectivity index (χ4n) is 4.38. The molecule has 1 atom stereocenters. The molecule has 1 amide bonds. The van der Waals surface area contributed by atoms with Gasteiger partial charge in [0, 0.05) is 48.6 Å². The highest BCUT2D eigenvalue weighted by molar-refractivity contribution is 6.00. The lowest BCUT2D eigenvalue weighted by molar-refractivity contribution is -0.137. The average Bonchev–Trinajstić information content (AvgIpc) is 3.25. The fraction of sp³-hybridized carbons (Fsp3) is 0.364. The minimum absolute atomic E-state index is 0.0731. The molecular weight excluding hydrogens is 354 g/mol. The van der Waals surface area contributed by atoms with Crippen molar-refractivity contribution in [2.24, 2.45) is 5.92 Å². The Labute approximate surface area is 164 Å². The van der Waals surface area contributed by atoms with Crippen LogP contribution in [0.2, 0.25) is 0 Å². The summed E-state index contributed by atoms with van der Waals surface area (Å²) in [7, 11) is 0. The van der Waals surface area contributed by atoms with Crippen molar-refractivity contribution in [1.82, 2.24) is 10.3 Å². The zero-order chi connectivity index (χ0) is 19.7. The van der Waals surface area contributed by atoms with Crippen LogP contribution < -0.4 is 10.6 Å². The molecule has 0 radical (unpaired) electrons. The smallest absolute Gasteiger partial charge is 0.303 e. The Hall–Kier alpha value is -3.02. The molecule has 28 heavy (non-hydrogen) atoms. The number of fused-ring (bicyclic) bond motifs is 1. The van der Waals surface area contributed by atoms with Gasteiger partial charge in [-0.2, -0.15) is 0 Å². The number of carbonyl (C=O) groups excluding carboxylic acids is 1. The summed E-state index contributed by atoms with van der Waals surface area (Å²) < 4.78 is 0. The number of benzene rings is 1. The fourth-order valence-corrected chi connectivity index (χ4v) is 4.38. The Morgan fingerprint density at radius 1 is 1.25 bits per heavy atom. The number of aromatic amines is 1. The number of hydrogen-bond donors (Lipinski definition) is 4. The number of anilines is 1. The molecule has 0 saturated carbocycles. The highest BCUT2D eigenvalue weighted by atomic mass is 16.4. The summed E-state index contributed by atoms with van der Waals surface area (Å²) in [4.78, 5) is 26.8. The molecule has 4 N–H and O–H groups in total. The summed E-state index contributed by atoms with van der Waals surface area (Å²) in [6.07, 6.45) is 1.90. The van der Waals surface area contributed by atoms with Crippen molar-refractivity contribution in [3.05, 3.63) is 52.8 Å². The maximum absolute atomic E-state index is 12.1. The summed E-state index contributed by atoms with van der Waals surface area (Å²) in [5.41, 5.74) is 7.64. The number of carboxylic acid groups (broad SMARTS) is 1. The number of carboxylic acids is 1. The number of H-pyrrole nitrogens is 1. The topological polar surface area (TPSA) is 94.2 Å². The van der Waals surface area contributed by atoms with Gasteiger partial charge in [-0.3, -0.25) is 9.59 Å². The third-order valence-corrected chi connectivity index (χ3v) is 5.60. The van der Waals surface area contributed by atoms with E-state index in [4.69, 9.17) is 5.11 Å². The maximum Gasteiger partial charge on any atom is 0.303 e. The summed E-state index contributed by atoms with van der Waals surface area (Å²) in [6, 6.07) is 10.3. The van der Waals surface area contributed by atoms with Crippen molar-refractivity contribution in [2.75, 3.05) is 18.4 Å². The van der Waals surface area contributed by atoms with Crippen molar-refractivity contribution < 1.29 is 14.7 Å². The number of carbonyl (C=O) groups is 2. The van der Waals surface area contributed by atoms with Crippen molar-refractivity contribution in [3.63, 3.8) is 0 Å². The van der Waals surface area contributed by atoms with Crippen molar-refractivity contribution >= 4 is 28.7 Å². The molecule has 1 aromatic carbocycles. The van der Waals surface area contributed by atoms with E-state index in [1.807, 2.05) is 25.1 Å². The Morgan fingerprint density at radius 2 is 2.07 bits per heavy atom. The molecule has 1 unspecified atom stereocenters. The van der Waals surface area contributed by atoms with Gasteiger partial charge < -0.3 is 20.7 Å². The molecule has 6 nitrogen and oxygen atoms in total. The molecule has 2 aliphatic rings. The van der Waals surface area contributed by atoms with Gasteiger partial charge in [-0.1, -0.05) is 18.2 Å². The third-order valence-electron chi connectivity index (χ3n) is 5.60. The van der Waals surface area contributed by atoms with Crippen LogP contribution in [0.25, 0.3) is 11.1 Å². The van der Waals surface area contributed by atoms with E-state index in [-0.39, 0.29) is 18.2 Å². The van der Waals surface area contributed by atoms with Gasteiger partial charge in [-0.25, -0.2) is 0 Å². The number of para-hydroxylation sites is 1. The van der Waals surface area contributed by atoms with E-state index >= 15 is 0 Å². The second kappa shape index (κ2) is 7.54. The number of allylic oxidation sites excluding steroid dienone is 1. The highest BCUT2D eigenvalue weighted by Crippen LogP contribution is 2.42. The zero-order valence-electron chi connectivity index (χ0n) is 16.0. The lowest BCUT2D eigenvalue weighted by Crippen LogP contribution is -2.34. The van der Waals surface area contributed by atoms with Crippen LogP contribution in [0, 0.1) is 12.8 Å². The number of rotatable bonds is 5. The van der Waals surface area contributed by atoms with Gasteiger partial charge >= 0.3 is 5.97 Å². The molecule has 3 heterocycles. The minimum Gasteiger partial charge on any atom is -0.481 e. The Bertz CT molecular complexity index is 958. The number of aromatic nitrogens is 1. The maximum atomic E-state index is 12.1. The predicted molar refractivity (Wildman–Crippen MR) is 109 cm³/mol. The Balaban J connectivity index is 1.85. The van der Waals surface area contributed by atoms with Gasteiger partial charge in [-0.15, -0.1) is 0 Å². The molecule has 2 aliphatic heterocycles. The van der Waals surface area contributed by atoms with Crippen molar-refractivity contribution in [2.45, 2.75) is 32.6 Å². The van der Waals surface area contributed by atoms with E-state index < -0.39 is 5.97 Å². The average molecular weight is 379 g/mol. The van der Waals surface area contributed by atoms with Crippen LogP contribution in [0.4, 0.5) is 5.69 Å². The van der Waals surface area contributed by atoms with Crippen LogP contribution in [0.5, 0.6) is 0 Å². The van der Waals surface area contributed by atoms with Crippen LogP contribution in [0.1, 0.15) is 41.8 Å². The highest BCUT2D eigenvalue weighted by Gasteiger charge is 2.31. The molecule has 1 fully saturated rings. The minimum atomic E-state index is -0.802. The Morgan fingerprint density at radius 3 is 2.86 bits per heavy atom. The summed E-state index contributed by atoms with van der Waals surface area (Å²) in [5.74, 6) is -0.619. The number of piperidine rings is 1. The lowest BCUT2D eigenvalue weighted by Gasteiger charge is -2.27. The van der Waals surface area contributed by atoms with E-state index in [1.165, 1.54) is 11.1 Å². The number of aryl methyl sites for hydroxylation is 2. The summed E-state index contributed by atoms with van der Waals surface area (Å²) in [5, 5.41) is 15.5. The first-order chi connectivity index (χ1) is 13.5. The molecule has 6 heteroatoms. The zero-order valence-corrected chi connectivity index (χ0v) is 16.0. The number of aliphatic carboxylic acids is 1. The monoisotopic (exact) mass is 379 g/mol. The van der Waals surface area contributed by atoms with Crippen LogP contribution in [0.15, 0.2) is 30.3 Å². The van der Waals surface area contributed by atoms with Crippen LogP contribution >= 0.6 is 0 Å². The molecule has 1 saturated heterocycles. The lowest BCUT2D eigenvalue weighted by atomic mass is 9.82. The first-order valence-corrected chi connectivity index (χ1v) is 9.76. The first kappa shape index (κ1) is 18.3. The SMILES string of the molecule is Cc1cc(CCC(=O)O)c(C(=C2CNc3ccccc32)C2CCNC(=O)C2)[nH]1. The quantitative estimate of drug-likeness (QED) is 0.642. The molecule has 146 valence electrons. The predicted octanol–water partition coefficient (Wildman–Crippen LogP) is 3.20. The van der Waals surface area contributed by atoms with E-state index in [1.54, 1.807) is 0 Å². The number of amides is 1. The third kappa shape index (κ3) is 3.54. The first-order valence-electron chi connectivity index (χ1n) is 9.76.